The highest BCUT2D eigenvalue weighted by atomic mass is 32.2. The molecule has 1 saturated heterocycles. The van der Waals surface area contributed by atoms with E-state index in [0.29, 0.717) is 17.2 Å². The van der Waals surface area contributed by atoms with Gasteiger partial charge in [0.1, 0.15) is 9.88 Å². The van der Waals surface area contributed by atoms with Crippen LogP contribution in [0.25, 0.3) is 0 Å². The van der Waals surface area contributed by atoms with Crippen LogP contribution in [-0.2, 0) is 4.74 Å². The summed E-state index contributed by atoms with van der Waals surface area (Å²) in [5, 5.41) is 1.08. The van der Waals surface area contributed by atoms with Gasteiger partial charge in [0.05, 0.1) is 22.8 Å². The van der Waals surface area contributed by atoms with Gasteiger partial charge in [0, 0.05) is 27.2 Å². The summed E-state index contributed by atoms with van der Waals surface area (Å²) in [6.45, 7) is 6.49. The van der Waals surface area contributed by atoms with Crippen LogP contribution in [0.15, 0.2) is 4.90 Å². The van der Waals surface area contributed by atoms with Crippen LogP contribution in [0.1, 0.15) is 23.5 Å². The molecule has 118 valence electrons. The molecular weight excluding hydrogens is 306 g/mol. The fourth-order valence-electron chi connectivity index (χ4n) is 2.37. The zero-order valence-corrected chi connectivity index (χ0v) is 14.9. The van der Waals surface area contributed by atoms with Crippen LogP contribution in [0.3, 0.4) is 0 Å². The minimum atomic E-state index is -0.182. The predicted octanol–water partition coefficient (Wildman–Crippen LogP) is 2.37. The molecule has 0 saturated carbocycles. The second-order valence-corrected chi connectivity index (χ2v) is 7.73. The van der Waals surface area contributed by atoms with Gasteiger partial charge in [-0.2, -0.15) is 0 Å². The third-order valence-corrected chi connectivity index (χ3v) is 5.60. The zero-order chi connectivity index (χ0) is 15.8. The van der Waals surface area contributed by atoms with Crippen LogP contribution in [0, 0.1) is 0 Å². The largest absolute Gasteiger partial charge is 0.396 e. The molecule has 1 aliphatic heterocycles. The number of hydrogen-bond acceptors (Lipinski definition) is 6. The van der Waals surface area contributed by atoms with Crippen molar-refractivity contribution in [3.8, 4) is 0 Å². The van der Waals surface area contributed by atoms with E-state index in [-0.39, 0.29) is 11.5 Å². The summed E-state index contributed by atoms with van der Waals surface area (Å²) >= 11 is 3.09. The molecule has 0 spiro atoms. The molecule has 0 atom stereocenters. The number of nitrogens with zero attached hydrogens (tertiary/aromatic N) is 2. The fourth-order valence-corrected chi connectivity index (χ4v) is 4.60. The Hall–Kier alpha value is -0.920. The lowest BCUT2D eigenvalue weighted by Crippen LogP contribution is -2.48. The average molecular weight is 329 g/mol. The van der Waals surface area contributed by atoms with Gasteiger partial charge in [-0.3, -0.25) is 4.79 Å². The summed E-state index contributed by atoms with van der Waals surface area (Å²) in [4.78, 5) is 17.7. The van der Waals surface area contributed by atoms with Crippen LogP contribution in [0.2, 0.25) is 0 Å². The van der Waals surface area contributed by atoms with Gasteiger partial charge in [0.25, 0.3) is 5.91 Å². The lowest BCUT2D eigenvalue weighted by molar-refractivity contribution is -0.0276. The molecule has 0 aliphatic carbocycles. The van der Waals surface area contributed by atoms with Crippen LogP contribution >= 0.6 is 23.1 Å². The van der Waals surface area contributed by atoms with Crippen LogP contribution in [0.4, 0.5) is 10.7 Å². The molecule has 5 nitrogen and oxygen atoms in total. The SMILES string of the molecule is CSc1c(N2CCOC(C)(C)C2)sc(C(=O)N(C)C)c1N. The Kier molecular flexibility index (Phi) is 4.75. The lowest BCUT2D eigenvalue weighted by atomic mass is 10.1. The maximum Gasteiger partial charge on any atom is 0.265 e. The molecule has 2 N–H and O–H groups in total. The quantitative estimate of drug-likeness (QED) is 0.863. The number of anilines is 2. The lowest BCUT2D eigenvalue weighted by Gasteiger charge is -2.39. The van der Waals surface area contributed by atoms with Gasteiger partial charge in [0.2, 0.25) is 0 Å². The van der Waals surface area contributed by atoms with E-state index in [9.17, 15) is 4.79 Å². The van der Waals surface area contributed by atoms with E-state index in [0.717, 1.165) is 23.0 Å². The number of thiophene rings is 1. The van der Waals surface area contributed by atoms with Gasteiger partial charge >= 0.3 is 0 Å². The highest BCUT2D eigenvalue weighted by molar-refractivity contribution is 7.99. The summed E-state index contributed by atoms with van der Waals surface area (Å²) in [5.74, 6) is -0.0356. The molecule has 1 aliphatic rings. The van der Waals surface area contributed by atoms with Crippen molar-refractivity contribution in [2.24, 2.45) is 0 Å². The number of carbonyl (C=O) groups is 1. The van der Waals surface area contributed by atoms with E-state index < -0.39 is 0 Å². The highest BCUT2D eigenvalue weighted by Crippen LogP contribution is 2.45. The number of rotatable bonds is 3. The fraction of sp³-hybridized carbons (Fsp3) is 0.643. The third kappa shape index (κ3) is 3.30. The number of thioether (sulfide) groups is 1. The van der Waals surface area contributed by atoms with E-state index in [1.165, 1.54) is 11.3 Å². The van der Waals surface area contributed by atoms with Gasteiger partial charge in [-0.05, 0) is 20.1 Å². The number of morpholine rings is 1. The van der Waals surface area contributed by atoms with Crippen molar-refractivity contribution in [2.45, 2.75) is 24.3 Å². The molecule has 2 rings (SSSR count). The molecule has 2 heterocycles. The van der Waals surface area contributed by atoms with E-state index in [4.69, 9.17) is 10.5 Å². The Morgan fingerprint density at radius 3 is 2.67 bits per heavy atom. The van der Waals surface area contributed by atoms with Crippen molar-refractivity contribution in [3.63, 3.8) is 0 Å². The number of carbonyl (C=O) groups excluding carboxylic acids is 1. The summed E-state index contributed by atoms with van der Waals surface area (Å²) in [7, 11) is 3.50. The Morgan fingerprint density at radius 1 is 1.48 bits per heavy atom. The molecule has 7 heteroatoms. The topological polar surface area (TPSA) is 58.8 Å². The van der Waals surface area contributed by atoms with Crippen molar-refractivity contribution in [3.05, 3.63) is 4.88 Å². The van der Waals surface area contributed by atoms with E-state index in [1.54, 1.807) is 30.8 Å². The first-order valence-corrected chi connectivity index (χ1v) is 8.88. The molecule has 1 aromatic heterocycles. The molecule has 21 heavy (non-hydrogen) atoms. The smallest absolute Gasteiger partial charge is 0.265 e. The third-order valence-electron chi connectivity index (χ3n) is 3.40. The predicted molar refractivity (Wildman–Crippen MR) is 90.8 cm³/mol. The van der Waals surface area contributed by atoms with Crippen molar-refractivity contribution in [1.82, 2.24) is 4.90 Å². The molecule has 1 aromatic rings. The van der Waals surface area contributed by atoms with Gasteiger partial charge in [0.15, 0.2) is 0 Å². The molecule has 1 amide bonds. The molecule has 1 fully saturated rings. The molecule has 0 bridgehead atoms. The van der Waals surface area contributed by atoms with Gasteiger partial charge in [-0.1, -0.05) is 0 Å². The Bertz CT molecular complexity index is 541. The summed E-state index contributed by atoms with van der Waals surface area (Å²) < 4.78 is 5.76. The highest BCUT2D eigenvalue weighted by Gasteiger charge is 2.31. The van der Waals surface area contributed by atoms with Crippen LogP contribution in [0.5, 0.6) is 0 Å². The zero-order valence-electron chi connectivity index (χ0n) is 13.2. The van der Waals surface area contributed by atoms with Gasteiger partial charge in [-0.15, -0.1) is 23.1 Å². The number of hydrogen-bond donors (Lipinski definition) is 1. The minimum absolute atomic E-state index is 0.0356. The standard InChI is InChI=1S/C14H23N3O2S2/c1-14(2)8-17(6-7-19-14)13-11(20-5)9(15)10(21-13)12(18)16(3)4/h6-8,15H2,1-5H3. The molecule has 0 unspecified atom stereocenters. The summed E-state index contributed by atoms with van der Waals surface area (Å²) in [6, 6.07) is 0. The molecule has 0 radical (unpaired) electrons. The second-order valence-electron chi connectivity index (χ2n) is 5.91. The minimum Gasteiger partial charge on any atom is -0.396 e. The van der Waals surface area contributed by atoms with Crippen molar-refractivity contribution >= 4 is 39.7 Å². The normalized spacial score (nSPS) is 17.9. The van der Waals surface area contributed by atoms with Crippen molar-refractivity contribution in [2.75, 3.05) is 50.7 Å². The number of amides is 1. The second kappa shape index (κ2) is 6.06. The summed E-state index contributed by atoms with van der Waals surface area (Å²) in [5.41, 5.74) is 6.63. The Balaban J connectivity index is 2.39. The number of ether oxygens (including phenoxy) is 1. The Labute approximate surface area is 134 Å². The van der Waals surface area contributed by atoms with E-state index in [2.05, 4.69) is 18.7 Å². The Morgan fingerprint density at radius 2 is 2.14 bits per heavy atom. The average Bonchev–Trinajstić information content (AvgIpc) is 2.73. The molecule has 0 aromatic carbocycles. The van der Waals surface area contributed by atoms with Crippen LogP contribution in [-0.4, -0.2) is 56.5 Å². The van der Waals surface area contributed by atoms with E-state index in [1.807, 2.05) is 6.26 Å². The maximum absolute atomic E-state index is 12.3. The number of nitrogen functional groups attached to an aromatic ring is 1. The van der Waals surface area contributed by atoms with Gasteiger partial charge in [-0.25, -0.2) is 0 Å². The first-order valence-electron chi connectivity index (χ1n) is 6.83. The van der Waals surface area contributed by atoms with Crippen LogP contribution < -0.4 is 10.6 Å². The van der Waals surface area contributed by atoms with E-state index >= 15 is 0 Å². The number of nitrogens with two attached hydrogens (primary N) is 1. The van der Waals surface area contributed by atoms with Crippen molar-refractivity contribution < 1.29 is 9.53 Å². The van der Waals surface area contributed by atoms with Crippen molar-refractivity contribution in [1.29, 1.82) is 0 Å². The van der Waals surface area contributed by atoms with Gasteiger partial charge < -0.3 is 20.3 Å². The maximum atomic E-state index is 12.3. The summed E-state index contributed by atoms with van der Waals surface area (Å²) in [6.07, 6.45) is 2.00. The monoisotopic (exact) mass is 329 g/mol. The first-order chi connectivity index (χ1) is 9.76. The molecular formula is C14H23N3O2S2. The first kappa shape index (κ1) is 16.5.